The van der Waals surface area contributed by atoms with Crippen LogP contribution in [0.2, 0.25) is 0 Å². The van der Waals surface area contributed by atoms with Gasteiger partial charge in [0.05, 0.1) is 12.1 Å². The normalized spacial score (nSPS) is 15.5. The lowest BCUT2D eigenvalue weighted by atomic mass is 10.1. The summed E-state index contributed by atoms with van der Waals surface area (Å²) < 4.78 is 37.9. The fourth-order valence-corrected chi connectivity index (χ4v) is 3.33. The Hall–Kier alpha value is -2.61. The minimum Gasteiger partial charge on any atom is -0.354 e. The molecule has 150 valence electrons. The Bertz CT molecular complexity index is 808. The number of hydrogen-bond acceptors (Lipinski definition) is 4. The number of aryl methyl sites for hydroxylation is 2. The topological polar surface area (TPSA) is 48.5 Å². The summed E-state index contributed by atoms with van der Waals surface area (Å²) in [7, 11) is 0. The molecule has 0 bridgehead atoms. The molecule has 0 spiro atoms. The highest BCUT2D eigenvalue weighted by molar-refractivity contribution is 5.92. The molecule has 28 heavy (non-hydrogen) atoms. The fourth-order valence-electron chi connectivity index (χ4n) is 3.33. The number of carbonyl (C=O) groups is 1. The Kier molecular flexibility index (Phi) is 5.88. The van der Waals surface area contributed by atoms with Crippen LogP contribution in [0.25, 0.3) is 0 Å². The number of nitrogens with zero attached hydrogens (tertiary/aromatic N) is 3. The Balaban J connectivity index is 1.50. The van der Waals surface area contributed by atoms with Crippen molar-refractivity contribution in [2.75, 3.05) is 42.9 Å². The maximum atomic E-state index is 12.6. The molecule has 5 nitrogen and oxygen atoms in total. The van der Waals surface area contributed by atoms with Gasteiger partial charge in [0.25, 0.3) is 0 Å². The van der Waals surface area contributed by atoms with Gasteiger partial charge in [0.15, 0.2) is 0 Å². The molecular weight excluding hydrogens is 369 g/mol. The first-order valence-electron chi connectivity index (χ1n) is 9.09. The van der Waals surface area contributed by atoms with Gasteiger partial charge < -0.3 is 10.2 Å². The van der Waals surface area contributed by atoms with E-state index in [1.807, 2.05) is 41.8 Å². The van der Waals surface area contributed by atoms with E-state index in [-0.39, 0.29) is 12.5 Å². The number of aromatic nitrogens is 1. The van der Waals surface area contributed by atoms with Crippen LogP contribution < -0.4 is 10.2 Å². The van der Waals surface area contributed by atoms with Crippen molar-refractivity contribution in [3.63, 3.8) is 0 Å². The minimum atomic E-state index is -4.38. The van der Waals surface area contributed by atoms with Crippen LogP contribution in [-0.2, 0) is 11.0 Å². The summed E-state index contributed by atoms with van der Waals surface area (Å²) in [6.45, 7) is 6.74. The van der Waals surface area contributed by atoms with Crippen molar-refractivity contribution < 1.29 is 18.0 Å². The third-order valence-electron chi connectivity index (χ3n) is 4.64. The third-order valence-corrected chi connectivity index (χ3v) is 4.64. The first-order chi connectivity index (χ1) is 13.2. The Morgan fingerprint density at radius 3 is 2.25 bits per heavy atom. The minimum absolute atomic E-state index is 0.0777. The van der Waals surface area contributed by atoms with E-state index in [9.17, 15) is 18.0 Å². The lowest BCUT2D eigenvalue weighted by molar-refractivity contribution is -0.137. The van der Waals surface area contributed by atoms with Gasteiger partial charge in [-0.2, -0.15) is 13.2 Å². The second-order valence-corrected chi connectivity index (χ2v) is 7.09. The summed E-state index contributed by atoms with van der Waals surface area (Å²) in [5, 5.41) is 2.92. The predicted octanol–water partition coefficient (Wildman–Crippen LogP) is 3.48. The summed E-state index contributed by atoms with van der Waals surface area (Å²) in [6.07, 6.45) is -3.52. The summed E-state index contributed by atoms with van der Waals surface area (Å²) in [6, 6.07) is 8.35. The van der Waals surface area contributed by atoms with Crippen molar-refractivity contribution in [3.8, 4) is 0 Å². The van der Waals surface area contributed by atoms with E-state index < -0.39 is 11.7 Å². The van der Waals surface area contributed by atoms with E-state index >= 15 is 0 Å². The molecule has 8 heteroatoms. The number of carbonyl (C=O) groups excluding carboxylic acids is 1. The molecule has 0 radical (unpaired) electrons. The number of benzene rings is 1. The van der Waals surface area contributed by atoms with Gasteiger partial charge in [-0.25, -0.2) is 4.98 Å². The van der Waals surface area contributed by atoms with Crippen LogP contribution in [-0.4, -0.2) is 48.5 Å². The van der Waals surface area contributed by atoms with Crippen LogP contribution in [0.5, 0.6) is 0 Å². The predicted molar refractivity (Wildman–Crippen MR) is 102 cm³/mol. The molecule has 1 aliphatic rings. The number of halogens is 3. The quantitative estimate of drug-likeness (QED) is 0.866. The van der Waals surface area contributed by atoms with Crippen LogP contribution >= 0.6 is 0 Å². The number of nitrogens with one attached hydrogen (secondary N) is 1. The lowest BCUT2D eigenvalue weighted by Gasteiger charge is -2.35. The van der Waals surface area contributed by atoms with E-state index in [0.717, 1.165) is 29.1 Å². The van der Waals surface area contributed by atoms with E-state index in [1.165, 1.54) is 6.07 Å². The molecule has 2 heterocycles. The Labute approximate surface area is 162 Å². The average Bonchev–Trinajstić information content (AvgIpc) is 2.61. The van der Waals surface area contributed by atoms with Crippen LogP contribution in [0.4, 0.5) is 24.7 Å². The lowest BCUT2D eigenvalue weighted by Crippen LogP contribution is -2.48. The highest BCUT2D eigenvalue weighted by Crippen LogP contribution is 2.29. The highest BCUT2D eigenvalue weighted by atomic mass is 19.4. The van der Waals surface area contributed by atoms with Crippen LogP contribution in [0.1, 0.15) is 16.7 Å². The first kappa shape index (κ1) is 20.1. The second-order valence-electron chi connectivity index (χ2n) is 7.09. The van der Waals surface area contributed by atoms with Crippen molar-refractivity contribution in [1.82, 2.24) is 9.88 Å². The molecule has 3 rings (SSSR count). The van der Waals surface area contributed by atoms with E-state index in [0.29, 0.717) is 32.0 Å². The Morgan fingerprint density at radius 1 is 1.07 bits per heavy atom. The van der Waals surface area contributed by atoms with Crippen LogP contribution in [0.15, 0.2) is 36.5 Å². The van der Waals surface area contributed by atoms with Crippen LogP contribution in [0.3, 0.4) is 0 Å². The molecule has 1 aliphatic heterocycles. The third kappa shape index (κ3) is 5.22. The molecule has 1 saturated heterocycles. The molecule has 0 atom stereocenters. The van der Waals surface area contributed by atoms with Gasteiger partial charge in [-0.05, 0) is 49.2 Å². The van der Waals surface area contributed by atoms with Gasteiger partial charge in [-0.1, -0.05) is 6.07 Å². The molecule has 1 aromatic carbocycles. The number of pyridine rings is 1. The molecule has 1 N–H and O–H groups in total. The van der Waals surface area contributed by atoms with E-state index in [2.05, 4.69) is 10.3 Å². The summed E-state index contributed by atoms with van der Waals surface area (Å²) >= 11 is 0. The van der Waals surface area contributed by atoms with Crippen molar-refractivity contribution in [2.24, 2.45) is 0 Å². The van der Waals surface area contributed by atoms with Crippen molar-refractivity contribution in [3.05, 3.63) is 53.2 Å². The van der Waals surface area contributed by atoms with Gasteiger partial charge in [-0.15, -0.1) is 0 Å². The van der Waals surface area contributed by atoms with Gasteiger partial charge >= 0.3 is 6.18 Å². The molecule has 2 aromatic rings. The monoisotopic (exact) mass is 392 g/mol. The van der Waals surface area contributed by atoms with E-state index in [1.54, 1.807) is 0 Å². The van der Waals surface area contributed by atoms with Crippen molar-refractivity contribution in [2.45, 2.75) is 20.0 Å². The smallest absolute Gasteiger partial charge is 0.354 e. The zero-order valence-electron chi connectivity index (χ0n) is 15.9. The molecule has 0 saturated carbocycles. The Morgan fingerprint density at radius 2 is 1.71 bits per heavy atom. The van der Waals surface area contributed by atoms with Crippen LogP contribution in [0, 0.1) is 13.8 Å². The fraction of sp³-hybridized carbons (Fsp3) is 0.400. The summed E-state index contributed by atoms with van der Waals surface area (Å²) in [5.74, 6) is 0.443. The maximum absolute atomic E-state index is 12.6. The molecular formula is C20H23F3N4O. The SMILES string of the molecule is Cc1cc(C)cc(NC(=O)CN2CCN(c3ccc(C(F)(F)F)cn3)CC2)c1. The highest BCUT2D eigenvalue weighted by Gasteiger charge is 2.31. The molecule has 0 aliphatic carbocycles. The van der Waals surface area contributed by atoms with Gasteiger partial charge in [0.1, 0.15) is 5.82 Å². The number of rotatable bonds is 4. The molecule has 1 aromatic heterocycles. The van der Waals surface area contributed by atoms with Gasteiger partial charge in [0, 0.05) is 38.1 Å². The summed E-state index contributed by atoms with van der Waals surface area (Å²) in [5.41, 5.74) is 2.22. The number of alkyl halides is 3. The first-order valence-corrected chi connectivity index (χ1v) is 9.09. The standard InChI is InChI=1S/C20H23F3N4O/c1-14-9-15(2)11-17(10-14)25-19(28)13-26-5-7-27(8-6-26)18-4-3-16(12-24-18)20(21,22)23/h3-4,9-12H,5-8,13H2,1-2H3,(H,25,28). The van der Waals surface area contributed by atoms with E-state index in [4.69, 9.17) is 0 Å². The number of hydrogen-bond donors (Lipinski definition) is 1. The summed E-state index contributed by atoms with van der Waals surface area (Å²) in [4.78, 5) is 20.2. The molecule has 1 amide bonds. The van der Waals surface area contributed by atoms with Crippen molar-refractivity contribution >= 4 is 17.4 Å². The zero-order valence-corrected chi connectivity index (χ0v) is 15.9. The zero-order chi connectivity index (χ0) is 20.3. The van der Waals surface area contributed by atoms with Crippen molar-refractivity contribution in [1.29, 1.82) is 0 Å². The second kappa shape index (κ2) is 8.18. The number of anilines is 2. The van der Waals surface area contributed by atoms with Gasteiger partial charge in [-0.3, -0.25) is 9.69 Å². The maximum Gasteiger partial charge on any atom is 0.417 e. The van der Waals surface area contributed by atoms with Gasteiger partial charge in [0.2, 0.25) is 5.91 Å². The average molecular weight is 392 g/mol. The largest absolute Gasteiger partial charge is 0.417 e. The number of piperazine rings is 1. The molecule has 1 fully saturated rings. The molecule has 0 unspecified atom stereocenters. The number of amides is 1.